The molecular formula is C22H29N3O4. The lowest BCUT2D eigenvalue weighted by atomic mass is 9.72. The van der Waals surface area contributed by atoms with Crippen molar-refractivity contribution in [1.29, 1.82) is 0 Å². The number of hydrogen-bond donors (Lipinski definition) is 4. The zero-order valence-electron chi connectivity index (χ0n) is 16.7. The van der Waals surface area contributed by atoms with E-state index in [1.165, 1.54) is 28.4 Å². The first kappa shape index (κ1) is 19.9. The third-order valence-electron chi connectivity index (χ3n) is 6.50. The molecule has 5 N–H and O–H groups in total. The average molecular weight is 399 g/mol. The molecule has 3 aliphatic heterocycles. The smallest absolute Gasteiger partial charge is 0.334 e. The molecule has 1 fully saturated rings. The number of hydrogen-bond acceptors (Lipinski definition) is 5. The van der Waals surface area contributed by atoms with Gasteiger partial charge in [-0.15, -0.1) is 0 Å². The number of nitrogens with zero attached hydrogens (tertiary/aromatic N) is 1. The molecule has 156 valence electrons. The lowest BCUT2D eigenvalue weighted by Gasteiger charge is -2.49. The molecule has 0 spiro atoms. The molecule has 5 rings (SSSR count). The second-order valence-corrected chi connectivity index (χ2v) is 8.06. The van der Waals surface area contributed by atoms with E-state index in [4.69, 9.17) is 15.6 Å². The van der Waals surface area contributed by atoms with Crippen molar-refractivity contribution in [2.24, 2.45) is 17.6 Å². The lowest BCUT2D eigenvalue weighted by Crippen LogP contribution is -2.51. The van der Waals surface area contributed by atoms with Crippen molar-refractivity contribution >= 4 is 16.9 Å². The number of nitrogens with one attached hydrogen (secondary N) is 1. The van der Waals surface area contributed by atoms with Gasteiger partial charge in [-0.05, 0) is 31.4 Å². The Hall–Kier alpha value is -2.35. The van der Waals surface area contributed by atoms with Crippen LogP contribution in [-0.4, -0.2) is 58.4 Å². The molecule has 0 aliphatic carbocycles. The number of aliphatic hydroxyl groups is 1. The second-order valence-electron chi connectivity index (χ2n) is 8.06. The zero-order valence-corrected chi connectivity index (χ0v) is 16.7. The van der Waals surface area contributed by atoms with Crippen molar-refractivity contribution in [2.45, 2.75) is 31.9 Å². The number of piperidine rings is 1. The average Bonchev–Trinajstić information content (AvgIpc) is 3.12. The highest BCUT2D eigenvalue weighted by Gasteiger charge is 2.46. The van der Waals surface area contributed by atoms with Gasteiger partial charge >= 0.3 is 5.97 Å². The first-order chi connectivity index (χ1) is 14.0. The third-order valence-corrected chi connectivity index (χ3v) is 6.50. The predicted octanol–water partition coefficient (Wildman–Crippen LogP) is 2.03. The first-order valence-electron chi connectivity index (χ1n) is 10.3. The van der Waals surface area contributed by atoms with Gasteiger partial charge in [0.05, 0.1) is 30.6 Å². The number of carbonyl (C=O) groups is 1. The van der Waals surface area contributed by atoms with Crippen LogP contribution < -0.4 is 5.73 Å². The Morgan fingerprint density at radius 1 is 1.38 bits per heavy atom. The Bertz CT molecular complexity index is 920. The van der Waals surface area contributed by atoms with Crippen LogP contribution in [0.25, 0.3) is 10.9 Å². The van der Waals surface area contributed by atoms with Crippen LogP contribution in [-0.2, 0) is 16.0 Å². The van der Waals surface area contributed by atoms with Crippen LogP contribution in [0.5, 0.6) is 0 Å². The van der Waals surface area contributed by atoms with Gasteiger partial charge in [0.15, 0.2) is 0 Å². The standard InChI is InChI=1S/C20H22N2O3.C2H7NO/c1-11-15-9-22-7-6-13-12-4-2-3-5-17(12)21-19(13)18(22)8-14(15)16(10-25-11)20(23)24;3-1-2-4/h2-5,10-11,14-15,18,21H,6-9H2,1H3,(H,23,24);4H,1-3H2/t11-,14-,15?,18-;/m0./s1. The van der Waals surface area contributed by atoms with Gasteiger partial charge in [0.2, 0.25) is 0 Å². The Kier molecular flexibility index (Phi) is 5.63. The highest BCUT2D eigenvalue weighted by molar-refractivity contribution is 5.87. The molecular weight excluding hydrogens is 370 g/mol. The molecule has 0 amide bonds. The number of fused-ring (bicyclic) bond motifs is 6. The van der Waals surface area contributed by atoms with Crippen molar-refractivity contribution in [3.8, 4) is 0 Å². The number of carboxylic acids is 1. The number of aliphatic hydroxyl groups excluding tert-OH is 1. The third kappa shape index (κ3) is 3.54. The van der Waals surface area contributed by atoms with Gasteiger partial charge in [-0.1, -0.05) is 18.2 Å². The van der Waals surface area contributed by atoms with Gasteiger partial charge in [0.25, 0.3) is 0 Å². The SMILES string of the molecule is C[C@@H]1OC=C(C(=O)O)[C@H]2C[C@H]3c4[nH]c5ccccc5c4CCN3CC12.NCCO. The molecule has 2 aromatic rings. The van der Waals surface area contributed by atoms with Crippen molar-refractivity contribution in [2.75, 3.05) is 26.2 Å². The molecule has 0 radical (unpaired) electrons. The summed E-state index contributed by atoms with van der Waals surface area (Å²) < 4.78 is 5.64. The van der Waals surface area contributed by atoms with Gasteiger partial charge in [0, 0.05) is 48.1 Å². The molecule has 1 unspecified atom stereocenters. The van der Waals surface area contributed by atoms with Gasteiger partial charge in [-0.2, -0.15) is 0 Å². The van der Waals surface area contributed by atoms with Crippen LogP contribution in [0.1, 0.15) is 30.6 Å². The summed E-state index contributed by atoms with van der Waals surface area (Å²) in [6, 6.07) is 8.73. The molecule has 1 aromatic carbocycles. The number of para-hydroxylation sites is 1. The Morgan fingerprint density at radius 2 is 2.14 bits per heavy atom. The monoisotopic (exact) mass is 399 g/mol. The summed E-state index contributed by atoms with van der Waals surface area (Å²) in [7, 11) is 0. The van der Waals surface area contributed by atoms with E-state index in [2.05, 4.69) is 41.1 Å². The van der Waals surface area contributed by atoms with E-state index in [1.807, 2.05) is 0 Å². The summed E-state index contributed by atoms with van der Waals surface area (Å²) in [5.41, 5.74) is 9.10. The van der Waals surface area contributed by atoms with Crippen molar-refractivity contribution < 1.29 is 19.7 Å². The maximum absolute atomic E-state index is 11.7. The van der Waals surface area contributed by atoms with Crippen LogP contribution in [0.2, 0.25) is 0 Å². The maximum atomic E-state index is 11.7. The largest absolute Gasteiger partial charge is 0.497 e. The van der Waals surface area contributed by atoms with Crippen LogP contribution in [0.15, 0.2) is 36.1 Å². The number of nitrogens with two attached hydrogens (primary N) is 1. The highest BCUT2D eigenvalue weighted by atomic mass is 16.5. The van der Waals surface area contributed by atoms with E-state index in [9.17, 15) is 9.90 Å². The van der Waals surface area contributed by atoms with E-state index >= 15 is 0 Å². The van der Waals surface area contributed by atoms with Gasteiger partial charge in [0.1, 0.15) is 0 Å². The fraction of sp³-hybridized carbons (Fsp3) is 0.500. The van der Waals surface area contributed by atoms with Gasteiger partial charge in [-0.3, -0.25) is 4.90 Å². The normalized spacial score (nSPS) is 28.2. The first-order valence-corrected chi connectivity index (χ1v) is 10.3. The summed E-state index contributed by atoms with van der Waals surface area (Å²) in [5, 5.41) is 18.7. The Morgan fingerprint density at radius 3 is 2.86 bits per heavy atom. The molecule has 0 saturated carbocycles. The minimum Gasteiger partial charge on any atom is -0.497 e. The number of carboxylic acid groups (broad SMARTS) is 1. The lowest BCUT2D eigenvalue weighted by molar-refractivity contribution is -0.135. The molecule has 1 saturated heterocycles. The fourth-order valence-corrected chi connectivity index (χ4v) is 5.08. The summed E-state index contributed by atoms with van der Waals surface area (Å²) in [4.78, 5) is 17.8. The molecule has 29 heavy (non-hydrogen) atoms. The molecule has 3 aliphatic rings. The van der Waals surface area contributed by atoms with Crippen molar-refractivity contribution in [3.63, 3.8) is 0 Å². The summed E-state index contributed by atoms with van der Waals surface area (Å²) in [6.07, 6.45) is 3.44. The number of aromatic nitrogens is 1. The zero-order chi connectivity index (χ0) is 20.5. The molecule has 4 heterocycles. The van der Waals surface area contributed by atoms with Crippen LogP contribution >= 0.6 is 0 Å². The number of rotatable bonds is 2. The van der Waals surface area contributed by atoms with E-state index < -0.39 is 5.97 Å². The van der Waals surface area contributed by atoms with E-state index in [0.717, 1.165) is 25.9 Å². The summed E-state index contributed by atoms with van der Waals surface area (Å²) in [5.74, 6) is -0.541. The number of ether oxygens (including phenoxy) is 1. The molecule has 7 heteroatoms. The van der Waals surface area contributed by atoms with E-state index in [-0.39, 0.29) is 30.6 Å². The molecule has 0 bridgehead atoms. The van der Waals surface area contributed by atoms with Crippen LogP contribution in [0, 0.1) is 11.8 Å². The quantitative estimate of drug-likeness (QED) is 0.615. The number of H-pyrrole nitrogens is 1. The second kappa shape index (κ2) is 8.18. The number of aromatic amines is 1. The Balaban J connectivity index is 0.000000472. The summed E-state index contributed by atoms with van der Waals surface area (Å²) in [6.45, 7) is 4.46. The number of aliphatic carboxylic acids is 1. The van der Waals surface area contributed by atoms with Crippen LogP contribution in [0.4, 0.5) is 0 Å². The topological polar surface area (TPSA) is 112 Å². The Labute approximate surface area is 170 Å². The predicted molar refractivity (Wildman–Crippen MR) is 110 cm³/mol. The summed E-state index contributed by atoms with van der Waals surface area (Å²) >= 11 is 0. The fourth-order valence-electron chi connectivity index (χ4n) is 5.08. The number of benzene rings is 1. The van der Waals surface area contributed by atoms with Gasteiger partial charge < -0.3 is 25.7 Å². The van der Waals surface area contributed by atoms with E-state index in [0.29, 0.717) is 12.1 Å². The van der Waals surface area contributed by atoms with E-state index in [1.54, 1.807) is 0 Å². The minimum atomic E-state index is -0.844. The van der Waals surface area contributed by atoms with Crippen molar-refractivity contribution in [3.05, 3.63) is 47.4 Å². The van der Waals surface area contributed by atoms with Gasteiger partial charge in [-0.25, -0.2) is 4.79 Å². The minimum absolute atomic E-state index is 0.0554. The highest BCUT2D eigenvalue weighted by Crippen LogP contribution is 2.47. The molecule has 4 atom stereocenters. The molecule has 1 aromatic heterocycles. The maximum Gasteiger partial charge on any atom is 0.334 e. The van der Waals surface area contributed by atoms with Crippen molar-refractivity contribution in [1.82, 2.24) is 9.88 Å². The molecule has 7 nitrogen and oxygen atoms in total. The van der Waals surface area contributed by atoms with Crippen LogP contribution in [0.3, 0.4) is 0 Å².